The van der Waals surface area contributed by atoms with Crippen molar-refractivity contribution in [1.29, 1.82) is 0 Å². The van der Waals surface area contributed by atoms with Crippen LogP contribution < -0.4 is 9.62 Å². The molecule has 1 atom stereocenters. The second-order valence-electron chi connectivity index (χ2n) is 9.15. The van der Waals surface area contributed by atoms with Gasteiger partial charge in [-0.2, -0.15) is 13.2 Å². The van der Waals surface area contributed by atoms with Crippen LogP contribution in [-0.4, -0.2) is 38.5 Å². The first kappa shape index (κ1) is 26.9. The third kappa shape index (κ3) is 7.16. The number of carbonyl (C=O) groups is 1. The van der Waals surface area contributed by atoms with Crippen LogP contribution in [-0.2, 0) is 27.4 Å². The van der Waals surface area contributed by atoms with Crippen molar-refractivity contribution < 1.29 is 30.8 Å². The van der Waals surface area contributed by atoms with Gasteiger partial charge >= 0.3 is 6.18 Å². The average Bonchev–Trinajstić information content (AvgIpc) is 2.77. The zero-order valence-electron chi connectivity index (χ0n) is 19.8. The smallest absolute Gasteiger partial charge is 0.356 e. The number of benzene rings is 1. The number of nitrogens with zero attached hydrogens (tertiary/aromatic N) is 2. The van der Waals surface area contributed by atoms with Crippen molar-refractivity contribution in [3.8, 4) is 0 Å². The van der Waals surface area contributed by atoms with Gasteiger partial charge < -0.3 is 4.90 Å². The molecule has 0 spiro atoms. The lowest BCUT2D eigenvalue weighted by Gasteiger charge is -2.33. The highest BCUT2D eigenvalue weighted by atomic mass is 32.2. The van der Waals surface area contributed by atoms with E-state index in [1.165, 1.54) is 18.2 Å². The number of nitrogens with one attached hydrogen (secondary N) is 1. The number of halogens is 4. The predicted molar refractivity (Wildman–Crippen MR) is 126 cm³/mol. The molecule has 1 aromatic carbocycles. The Kier molecular flexibility index (Phi) is 8.08. The van der Waals surface area contributed by atoms with Gasteiger partial charge in [-0.05, 0) is 54.5 Å². The molecule has 0 saturated carbocycles. The number of piperidine rings is 1. The van der Waals surface area contributed by atoms with Crippen molar-refractivity contribution in [2.75, 3.05) is 29.0 Å². The number of anilines is 2. The topological polar surface area (TPSA) is 79.4 Å². The summed E-state index contributed by atoms with van der Waals surface area (Å²) >= 11 is 0. The van der Waals surface area contributed by atoms with Crippen LogP contribution in [0.2, 0.25) is 0 Å². The van der Waals surface area contributed by atoms with Crippen LogP contribution in [0.1, 0.15) is 55.8 Å². The first-order valence-electron chi connectivity index (χ1n) is 11.4. The number of pyridine rings is 1. The number of hydrogen-bond donors (Lipinski definition) is 1. The van der Waals surface area contributed by atoms with E-state index in [-0.39, 0.29) is 30.1 Å². The van der Waals surface area contributed by atoms with Crippen molar-refractivity contribution in [3.63, 3.8) is 0 Å². The summed E-state index contributed by atoms with van der Waals surface area (Å²) in [4.78, 5) is 18.6. The molecule has 0 amide bonds. The molecular formula is C24H29F4N3O3S. The highest BCUT2D eigenvalue weighted by Gasteiger charge is 2.34. The fourth-order valence-corrected chi connectivity index (χ4v) is 4.63. The van der Waals surface area contributed by atoms with Crippen LogP contribution in [0.4, 0.5) is 29.1 Å². The largest absolute Gasteiger partial charge is 0.433 e. The molecule has 0 bridgehead atoms. The predicted octanol–water partition coefficient (Wildman–Crippen LogP) is 5.15. The summed E-state index contributed by atoms with van der Waals surface area (Å²) in [6, 6.07) is 6.15. The number of rotatable bonds is 8. The molecule has 1 N–H and O–H groups in total. The standard InChI is InChI=1S/C24H29F4N3O3S/c1-15-10-12-31(13-11-15)23-17(6-9-22(29-23)24(26,27)28)5-8-21(32)16(2)18-4-7-20(19(25)14-18)30-35(3,33)34/h4,6-7,9,14-16,30H,5,8,10-13H2,1-3H3. The van der Waals surface area contributed by atoms with Gasteiger partial charge in [0.1, 0.15) is 23.1 Å². The fraction of sp³-hybridized carbons (Fsp3) is 0.500. The molecule has 192 valence electrons. The minimum Gasteiger partial charge on any atom is -0.356 e. The first-order chi connectivity index (χ1) is 16.2. The van der Waals surface area contributed by atoms with Gasteiger partial charge in [0.05, 0.1) is 11.9 Å². The van der Waals surface area contributed by atoms with Crippen LogP contribution in [0.5, 0.6) is 0 Å². The SMILES string of the molecule is CC1CCN(c2nc(C(F)(F)F)ccc2CCC(=O)C(C)c2ccc(NS(C)(=O)=O)c(F)c2)CC1. The molecule has 6 nitrogen and oxygen atoms in total. The van der Waals surface area contributed by atoms with E-state index in [1.807, 2.05) is 4.90 Å². The summed E-state index contributed by atoms with van der Waals surface area (Å²) in [7, 11) is -3.65. The van der Waals surface area contributed by atoms with Gasteiger partial charge in [-0.3, -0.25) is 9.52 Å². The van der Waals surface area contributed by atoms with Gasteiger partial charge in [0.15, 0.2) is 0 Å². The average molecular weight is 516 g/mol. The number of sulfonamides is 1. The second kappa shape index (κ2) is 10.5. The number of hydrogen-bond acceptors (Lipinski definition) is 5. The Balaban J connectivity index is 1.75. The maximum Gasteiger partial charge on any atom is 0.433 e. The van der Waals surface area contributed by atoms with Crippen molar-refractivity contribution >= 4 is 27.3 Å². The zero-order valence-corrected chi connectivity index (χ0v) is 20.6. The molecule has 1 aromatic heterocycles. The lowest BCUT2D eigenvalue weighted by molar-refractivity contribution is -0.141. The number of Topliss-reactive ketones (excluding diaryl/α,β-unsaturated/α-hetero) is 1. The van der Waals surface area contributed by atoms with Crippen molar-refractivity contribution in [3.05, 3.63) is 53.0 Å². The Bertz CT molecular complexity index is 1180. The molecule has 0 radical (unpaired) electrons. The van der Waals surface area contributed by atoms with Crippen LogP contribution in [0.3, 0.4) is 0 Å². The van der Waals surface area contributed by atoms with Gasteiger partial charge in [-0.25, -0.2) is 17.8 Å². The summed E-state index contributed by atoms with van der Waals surface area (Å²) in [6.07, 6.45) is -1.72. The van der Waals surface area contributed by atoms with Gasteiger partial charge in [-0.15, -0.1) is 0 Å². The second-order valence-corrected chi connectivity index (χ2v) is 10.9. The quantitative estimate of drug-likeness (QED) is 0.492. The van der Waals surface area contributed by atoms with Crippen molar-refractivity contribution in [2.24, 2.45) is 5.92 Å². The number of aryl methyl sites for hydroxylation is 1. The number of ketones is 1. The summed E-state index contributed by atoms with van der Waals surface area (Å²) < 4.78 is 78.9. The van der Waals surface area contributed by atoms with Crippen LogP contribution >= 0.6 is 0 Å². The number of carbonyl (C=O) groups excluding carboxylic acids is 1. The summed E-state index contributed by atoms with van der Waals surface area (Å²) in [5.74, 6) is -0.956. The fourth-order valence-electron chi connectivity index (χ4n) is 4.07. The summed E-state index contributed by atoms with van der Waals surface area (Å²) in [6.45, 7) is 4.91. The summed E-state index contributed by atoms with van der Waals surface area (Å²) in [5, 5.41) is 0. The summed E-state index contributed by atoms with van der Waals surface area (Å²) in [5.41, 5.74) is -0.241. The zero-order chi connectivity index (χ0) is 26.0. The van der Waals surface area contributed by atoms with E-state index in [1.54, 1.807) is 6.92 Å². The normalized spacial score (nSPS) is 16.3. The number of alkyl halides is 3. The maximum atomic E-state index is 14.3. The van der Waals surface area contributed by atoms with Gasteiger partial charge in [0.25, 0.3) is 0 Å². The lowest BCUT2D eigenvalue weighted by atomic mass is 9.92. The Morgan fingerprint density at radius 3 is 2.43 bits per heavy atom. The minimum atomic E-state index is -4.57. The minimum absolute atomic E-state index is 0.0381. The van der Waals surface area contributed by atoms with E-state index >= 15 is 0 Å². The molecule has 1 saturated heterocycles. The molecule has 2 heterocycles. The molecule has 1 aliphatic heterocycles. The van der Waals surface area contributed by atoms with Crippen LogP contribution in [0.25, 0.3) is 0 Å². The van der Waals surface area contributed by atoms with Crippen molar-refractivity contribution in [1.82, 2.24) is 4.98 Å². The van der Waals surface area contributed by atoms with E-state index in [9.17, 15) is 30.8 Å². The highest BCUT2D eigenvalue weighted by molar-refractivity contribution is 7.92. The molecule has 0 aliphatic carbocycles. The van der Waals surface area contributed by atoms with E-state index < -0.39 is 33.6 Å². The van der Waals surface area contributed by atoms with Gasteiger partial charge in [-0.1, -0.05) is 26.0 Å². The van der Waals surface area contributed by atoms with E-state index in [0.717, 1.165) is 31.2 Å². The van der Waals surface area contributed by atoms with Crippen LogP contribution in [0.15, 0.2) is 30.3 Å². The molecule has 1 fully saturated rings. The Morgan fingerprint density at radius 1 is 1.20 bits per heavy atom. The number of aromatic nitrogens is 1. The van der Waals surface area contributed by atoms with Crippen LogP contribution in [0, 0.1) is 11.7 Å². The highest BCUT2D eigenvalue weighted by Crippen LogP contribution is 2.33. The van der Waals surface area contributed by atoms with E-state index in [0.29, 0.717) is 30.1 Å². The third-order valence-corrected chi connectivity index (χ3v) is 6.83. The third-order valence-electron chi connectivity index (χ3n) is 6.24. The molecule has 1 aliphatic rings. The molecular weight excluding hydrogens is 486 g/mol. The first-order valence-corrected chi connectivity index (χ1v) is 13.3. The lowest BCUT2D eigenvalue weighted by Crippen LogP contribution is -2.34. The maximum absolute atomic E-state index is 14.3. The Labute approximate surface area is 202 Å². The molecule has 11 heteroatoms. The Hall–Kier alpha value is -2.69. The Morgan fingerprint density at radius 2 is 1.86 bits per heavy atom. The molecule has 3 rings (SSSR count). The van der Waals surface area contributed by atoms with Gasteiger partial charge in [0, 0.05) is 25.4 Å². The van der Waals surface area contributed by atoms with Gasteiger partial charge in [0.2, 0.25) is 10.0 Å². The molecule has 2 aromatic rings. The van der Waals surface area contributed by atoms with Crippen molar-refractivity contribution in [2.45, 2.75) is 51.6 Å². The van der Waals surface area contributed by atoms with E-state index in [4.69, 9.17) is 0 Å². The van der Waals surface area contributed by atoms with E-state index in [2.05, 4.69) is 16.6 Å². The monoisotopic (exact) mass is 515 g/mol. The molecule has 1 unspecified atom stereocenters. The molecule has 35 heavy (non-hydrogen) atoms.